The van der Waals surface area contributed by atoms with Crippen LogP contribution in [0, 0.1) is 0 Å². The lowest BCUT2D eigenvalue weighted by Crippen LogP contribution is -2.23. The first-order valence-corrected chi connectivity index (χ1v) is 8.83. The van der Waals surface area contributed by atoms with Crippen LogP contribution in [0.25, 0.3) is 0 Å². The highest BCUT2D eigenvalue weighted by Gasteiger charge is 2.07. The van der Waals surface area contributed by atoms with Gasteiger partial charge in [-0.25, -0.2) is 0 Å². The van der Waals surface area contributed by atoms with E-state index in [0.29, 0.717) is 25.9 Å². The zero-order valence-corrected chi connectivity index (χ0v) is 16.0. The first-order valence-electron chi connectivity index (χ1n) is 8.83. The van der Waals surface area contributed by atoms with Gasteiger partial charge in [-0.1, -0.05) is 12.1 Å². The van der Waals surface area contributed by atoms with Crippen molar-refractivity contribution >= 4 is 17.5 Å². The minimum atomic E-state index is -0.0644. The van der Waals surface area contributed by atoms with Crippen molar-refractivity contribution in [2.24, 2.45) is 0 Å². The van der Waals surface area contributed by atoms with Crippen LogP contribution >= 0.6 is 0 Å². The number of nitrogens with zero attached hydrogens (tertiary/aromatic N) is 1. The van der Waals surface area contributed by atoms with Crippen LogP contribution in [0.2, 0.25) is 0 Å². The summed E-state index contributed by atoms with van der Waals surface area (Å²) in [6, 6.07) is 14.7. The third-order valence-electron chi connectivity index (χ3n) is 3.97. The molecule has 0 saturated heterocycles. The van der Waals surface area contributed by atoms with Crippen LogP contribution in [0.1, 0.15) is 18.4 Å². The molecule has 2 rings (SSSR count). The molecule has 2 amide bonds. The molecule has 0 bridgehead atoms. The predicted molar refractivity (Wildman–Crippen MR) is 105 cm³/mol. The molecule has 0 aromatic heterocycles. The van der Waals surface area contributed by atoms with Crippen LogP contribution in [0.5, 0.6) is 11.5 Å². The number of benzene rings is 2. The van der Waals surface area contributed by atoms with Gasteiger partial charge in [-0.15, -0.1) is 0 Å². The molecule has 2 aromatic carbocycles. The number of carbonyl (C=O) groups excluding carboxylic acids is 2. The Morgan fingerprint density at radius 1 is 0.963 bits per heavy atom. The molecule has 0 aliphatic heterocycles. The molecule has 6 nitrogen and oxygen atoms in total. The van der Waals surface area contributed by atoms with Crippen LogP contribution < -0.4 is 14.8 Å². The summed E-state index contributed by atoms with van der Waals surface area (Å²) in [6.07, 6.45) is 1.34. The number of amides is 2. The number of nitrogens with one attached hydrogen (secondary N) is 1. The van der Waals surface area contributed by atoms with Crippen LogP contribution in [0.3, 0.4) is 0 Å². The van der Waals surface area contributed by atoms with E-state index in [1.807, 2.05) is 48.5 Å². The van der Waals surface area contributed by atoms with Gasteiger partial charge in [0.05, 0.1) is 20.1 Å². The molecule has 144 valence electrons. The summed E-state index contributed by atoms with van der Waals surface area (Å²) >= 11 is 0. The van der Waals surface area contributed by atoms with Crippen molar-refractivity contribution in [3.63, 3.8) is 0 Å². The van der Waals surface area contributed by atoms with Gasteiger partial charge >= 0.3 is 0 Å². The fourth-order valence-corrected chi connectivity index (χ4v) is 2.36. The second-order valence-electron chi connectivity index (χ2n) is 6.34. The Balaban J connectivity index is 1.69. The second kappa shape index (κ2) is 10.2. The lowest BCUT2D eigenvalue weighted by molar-refractivity contribution is -0.128. The zero-order valence-electron chi connectivity index (χ0n) is 16.0. The summed E-state index contributed by atoms with van der Waals surface area (Å²) in [7, 11) is 5.08. The minimum absolute atomic E-state index is 0.0450. The third-order valence-corrected chi connectivity index (χ3v) is 3.97. The number of ether oxygens (including phenoxy) is 2. The van der Waals surface area contributed by atoms with Crippen LogP contribution in [-0.4, -0.2) is 44.5 Å². The summed E-state index contributed by atoms with van der Waals surface area (Å²) < 4.78 is 10.7. The smallest absolute Gasteiger partial charge is 0.226 e. The van der Waals surface area contributed by atoms with E-state index in [1.165, 1.54) is 0 Å². The van der Waals surface area contributed by atoms with Crippen molar-refractivity contribution in [1.82, 2.24) is 4.90 Å². The molecule has 0 heterocycles. The van der Waals surface area contributed by atoms with Crippen LogP contribution in [0.15, 0.2) is 48.5 Å². The molecule has 2 aromatic rings. The molecular formula is C21H26N2O4. The molecule has 0 unspecified atom stereocenters. The number of likely N-dealkylation sites (N-methyl/N-ethyl adjacent to an activating group) is 1. The normalized spacial score (nSPS) is 10.2. The summed E-state index contributed by atoms with van der Waals surface area (Å²) in [5, 5.41) is 2.85. The highest BCUT2D eigenvalue weighted by atomic mass is 16.5. The molecule has 0 radical (unpaired) electrons. The fraction of sp³-hybridized carbons (Fsp3) is 0.333. The lowest BCUT2D eigenvalue weighted by atomic mass is 10.1. The number of carbonyl (C=O) groups is 2. The van der Waals surface area contributed by atoms with Gasteiger partial charge in [0.2, 0.25) is 11.8 Å². The van der Waals surface area contributed by atoms with Crippen molar-refractivity contribution in [3.05, 3.63) is 54.1 Å². The summed E-state index contributed by atoms with van der Waals surface area (Å²) in [6.45, 7) is 0.464. The number of methoxy groups -OCH3 is 1. The van der Waals surface area contributed by atoms with Crippen molar-refractivity contribution < 1.29 is 19.1 Å². The van der Waals surface area contributed by atoms with Gasteiger partial charge in [-0.05, 0) is 48.4 Å². The fourth-order valence-electron chi connectivity index (χ4n) is 2.36. The molecule has 0 aliphatic rings. The monoisotopic (exact) mass is 370 g/mol. The van der Waals surface area contributed by atoms with Gasteiger partial charge in [0.15, 0.2) is 0 Å². The Hall–Kier alpha value is -3.02. The topological polar surface area (TPSA) is 67.9 Å². The largest absolute Gasteiger partial charge is 0.497 e. The Morgan fingerprint density at radius 3 is 2.19 bits per heavy atom. The van der Waals surface area contributed by atoms with Crippen molar-refractivity contribution in [3.8, 4) is 11.5 Å². The average Bonchev–Trinajstić information content (AvgIpc) is 2.67. The van der Waals surface area contributed by atoms with Gasteiger partial charge in [0, 0.05) is 26.2 Å². The predicted octanol–water partition coefficient (Wildman–Crippen LogP) is 3.12. The third kappa shape index (κ3) is 7.01. The molecule has 6 heteroatoms. The number of anilines is 1. The molecule has 0 saturated carbocycles. The first-order chi connectivity index (χ1) is 13.0. The van der Waals surface area contributed by atoms with E-state index in [2.05, 4.69) is 5.32 Å². The molecule has 1 N–H and O–H groups in total. The average molecular weight is 370 g/mol. The van der Waals surface area contributed by atoms with E-state index in [4.69, 9.17) is 9.47 Å². The Labute approximate surface area is 160 Å². The maximum Gasteiger partial charge on any atom is 0.226 e. The molecule has 0 atom stereocenters. The number of hydrogen-bond donors (Lipinski definition) is 1. The lowest BCUT2D eigenvalue weighted by Gasteiger charge is -2.11. The van der Waals surface area contributed by atoms with Crippen molar-refractivity contribution in [2.75, 3.05) is 33.1 Å². The summed E-state index contributed by atoms with van der Waals surface area (Å²) in [5.74, 6) is 1.51. The van der Waals surface area contributed by atoms with Crippen LogP contribution in [0.4, 0.5) is 5.69 Å². The highest BCUT2D eigenvalue weighted by Crippen LogP contribution is 2.17. The Kier molecular flexibility index (Phi) is 7.67. The Bertz CT molecular complexity index is 740. The standard InChI is InChI=1S/C21H26N2O4/c1-23(2)21(25)15-16-6-8-17(9-7-16)22-20(24)5-4-14-27-19-12-10-18(26-3)11-13-19/h6-13H,4-5,14-15H2,1-3H3,(H,22,24). The maximum absolute atomic E-state index is 12.0. The summed E-state index contributed by atoms with van der Waals surface area (Å²) in [4.78, 5) is 25.3. The van der Waals surface area contributed by atoms with Gasteiger partial charge < -0.3 is 19.7 Å². The van der Waals surface area contributed by atoms with Gasteiger partial charge in [-0.3, -0.25) is 9.59 Å². The van der Waals surface area contributed by atoms with Crippen molar-refractivity contribution in [2.45, 2.75) is 19.3 Å². The van der Waals surface area contributed by atoms with E-state index in [9.17, 15) is 9.59 Å². The maximum atomic E-state index is 12.0. The molecule has 0 spiro atoms. The molecule has 27 heavy (non-hydrogen) atoms. The van der Waals surface area contributed by atoms with Crippen LogP contribution in [-0.2, 0) is 16.0 Å². The number of hydrogen-bond acceptors (Lipinski definition) is 4. The quantitative estimate of drug-likeness (QED) is 0.689. The molecular weight excluding hydrogens is 344 g/mol. The number of rotatable bonds is 9. The molecule has 0 fully saturated rings. The van der Waals surface area contributed by atoms with Gasteiger partial charge in [-0.2, -0.15) is 0 Å². The first kappa shape index (κ1) is 20.3. The summed E-state index contributed by atoms with van der Waals surface area (Å²) in [5.41, 5.74) is 1.64. The van der Waals surface area contributed by atoms with E-state index in [-0.39, 0.29) is 11.8 Å². The van der Waals surface area contributed by atoms with E-state index >= 15 is 0 Å². The molecule has 0 aliphatic carbocycles. The van der Waals surface area contributed by atoms with Gasteiger partial charge in [0.25, 0.3) is 0 Å². The van der Waals surface area contributed by atoms with Crippen molar-refractivity contribution in [1.29, 1.82) is 0 Å². The van der Waals surface area contributed by atoms with E-state index < -0.39 is 0 Å². The van der Waals surface area contributed by atoms with Gasteiger partial charge in [0.1, 0.15) is 11.5 Å². The Morgan fingerprint density at radius 2 is 1.59 bits per heavy atom. The van der Waals surface area contributed by atoms with E-state index in [0.717, 1.165) is 22.7 Å². The highest BCUT2D eigenvalue weighted by molar-refractivity contribution is 5.90. The minimum Gasteiger partial charge on any atom is -0.497 e. The van der Waals surface area contributed by atoms with E-state index in [1.54, 1.807) is 26.1 Å². The zero-order chi connectivity index (χ0) is 19.6. The SMILES string of the molecule is COc1ccc(OCCCC(=O)Nc2ccc(CC(=O)N(C)C)cc2)cc1. The second-order valence-corrected chi connectivity index (χ2v) is 6.34.